The molecule has 0 atom stereocenters. The Labute approximate surface area is 92.5 Å². The van der Waals surface area contributed by atoms with Crippen LogP contribution < -0.4 is 15.8 Å². The second kappa shape index (κ2) is 3.86. The van der Waals surface area contributed by atoms with E-state index in [1.54, 1.807) is 12.1 Å². The molecule has 15 heavy (non-hydrogen) atoms. The molecule has 3 N–H and O–H groups in total. The minimum Gasteiger partial charge on any atom is -0.482 e. The van der Waals surface area contributed by atoms with Crippen molar-refractivity contribution in [2.75, 3.05) is 11.9 Å². The Hall–Kier alpha value is -1.62. The van der Waals surface area contributed by atoms with Gasteiger partial charge in [0.2, 0.25) is 0 Å². The highest BCUT2D eigenvalue weighted by Gasteiger charge is 2.15. The van der Waals surface area contributed by atoms with E-state index in [4.69, 9.17) is 10.5 Å². The van der Waals surface area contributed by atoms with Crippen LogP contribution in [0.15, 0.2) is 23.6 Å². The first-order chi connectivity index (χ1) is 7.20. The predicted octanol–water partition coefficient (Wildman–Crippen LogP) is 1.20. The molecule has 0 saturated heterocycles. The first kappa shape index (κ1) is 9.92. The molecule has 1 heterocycles. The maximum absolute atomic E-state index is 11.1. The molecule has 0 unspecified atom stereocenters. The zero-order chi connectivity index (χ0) is 10.8. The molecule has 2 rings (SSSR count). The van der Waals surface area contributed by atoms with Gasteiger partial charge in [-0.2, -0.15) is 0 Å². The number of rotatable bonds is 1. The Bertz CT molecular complexity index is 443. The van der Waals surface area contributed by atoms with Crippen LogP contribution in [0.25, 0.3) is 5.70 Å². The lowest BCUT2D eigenvalue weighted by atomic mass is 10.1. The lowest BCUT2D eigenvalue weighted by molar-refractivity contribution is -0.118. The fraction of sp³-hybridized carbons (Fsp3) is 0.100. The number of nitrogens with two attached hydrogens (primary N) is 1. The molecule has 0 saturated carbocycles. The summed E-state index contributed by atoms with van der Waals surface area (Å²) in [7, 11) is 0. The van der Waals surface area contributed by atoms with E-state index in [0.29, 0.717) is 17.1 Å². The summed E-state index contributed by atoms with van der Waals surface area (Å²) in [5.74, 6) is 0.499. The highest BCUT2D eigenvalue weighted by atomic mass is 32.1. The molecule has 4 nitrogen and oxygen atoms in total. The van der Waals surface area contributed by atoms with Crippen molar-refractivity contribution in [3.63, 3.8) is 0 Å². The third-order valence-corrected chi connectivity index (χ3v) is 2.36. The van der Waals surface area contributed by atoms with Gasteiger partial charge in [-0.05, 0) is 23.6 Å². The molecule has 0 bridgehead atoms. The molecule has 5 heteroatoms. The summed E-state index contributed by atoms with van der Waals surface area (Å²) >= 11 is 3.97. The van der Waals surface area contributed by atoms with Gasteiger partial charge in [0.1, 0.15) is 5.75 Å². The van der Waals surface area contributed by atoms with Crippen LogP contribution in [0.3, 0.4) is 0 Å². The summed E-state index contributed by atoms with van der Waals surface area (Å²) < 4.78 is 5.21. The van der Waals surface area contributed by atoms with Crippen LogP contribution in [0.5, 0.6) is 5.75 Å². The molecule has 1 aromatic rings. The summed E-state index contributed by atoms with van der Waals surface area (Å²) in [6.45, 7) is 0.0598. The number of ether oxygens (including phenoxy) is 1. The van der Waals surface area contributed by atoms with E-state index in [9.17, 15) is 4.79 Å². The number of carbonyl (C=O) groups excluding carboxylic acids is 1. The molecule has 1 aliphatic heterocycles. The molecule has 0 spiro atoms. The van der Waals surface area contributed by atoms with Crippen molar-refractivity contribution in [3.05, 3.63) is 29.2 Å². The second-order valence-electron chi connectivity index (χ2n) is 3.13. The van der Waals surface area contributed by atoms with Gasteiger partial charge in [-0.3, -0.25) is 4.79 Å². The van der Waals surface area contributed by atoms with E-state index in [-0.39, 0.29) is 12.5 Å². The molecule has 0 aliphatic carbocycles. The van der Waals surface area contributed by atoms with Crippen molar-refractivity contribution >= 4 is 29.9 Å². The fourth-order valence-corrected chi connectivity index (χ4v) is 1.49. The van der Waals surface area contributed by atoms with E-state index < -0.39 is 0 Å². The van der Waals surface area contributed by atoms with Gasteiger partial charge in [-0.25, -0.2) is 0 Å². The maximum Gasteiger partial charge on any atom is 0.262 e. The number of hydrogen-bond donors (Lipinski definition) is 3. The molecule has 0 radical (unpaired) electrons. The molecule has 78 valence electrons. The Kier molecular flexibility index (Phi) is 2.55. The average Bonchev–Trinajstić information content (AvgIpc) is 2.27. The van der Waals surface area contributed by atoms with E-state index in [0.717, 1.165) is 5.56 Å². The number of anilines is 1. The molecule has 1 aliphatic rings. The highest BCUT2D eigenvalue weighted by molar-refractivity contribution is 7.83. The van der Waals surface area contributed by atoms with E-state index >= 15 is 0 Å². The van der Waals surface area contributed by atoms with Crippen LogP contribution in [-0.2, 0) is 4.79 Å². The van der Waals surface area contributed by atoms with Gasteiger partial charge in [0, 0.05) is 11.3 Å². The summed E-state index contributed by atoms with van der Waals surface area (Å²) in [6.07, 6.45) is 0. The van der Waals surface area contributed by atoms with Gasteiger partial charge in [0.05, 0.1) is 5.69 Å². The lowest BCUT2D eigenvalue weighted by Gasteiger charge is -2.18. The summed E-state index contributed by atoms with van der Waals surface area (Å²) in [4.78, 5) is 11.1. The van der Waals surface area contributed by atoms with Gasteiger partial charge in [-0.1, -0.05) is 0 Å². The molecule has 1 aromatic carbocycles. The minimum atomic E-state index is -0.159. The molecular formula is C10H10N2O2S. The largest absolute Gasteiger partial charge is 0.482 e. The van der Waals surface area contributed by atoms with Crippen molar-refractivity contribution in [1.29, 1.82) is 0 Å². The SMILES string of the molecule is N/C(=C\S)c1ccc2c(c1)NC(=O)CO2. The van der Waals surface area contributed by atoms with E-state index in [1.807, 2.05) is 6.07 Å². The van der Waals surface area contributed by atoms with Crippen molar-refractivity contribution in [1.82, 2.24) is 0 Å². The normalized spacial score (nSPS) is 15.3. The summed E-state index contributed by atoms with van der Waals surface area (Å²) in [6, 6.07) is 5.35. The van der Waals surface area contributed by atoms with Gasteiger partial charge in [0.25, 0.3) is 5.91 Å². The highest BCUT2D eigenvalue weighted by Crippen LogP contribution is 2.29. The van der Waals surface area contributed by atoms with Crippen molar-refractivity contribution in [2.24, 2.45) is 5.73 Å². The Morgan fingerprint density at radius 1 is 1.60 bits per heavy atom. The first-order valence-electron chi connectivity index (χ1n) is 4.37. The standard InChI is InChI=1S/C10H10N2O2S/c11-7(5-15)6-1-2-9-8(3-6)12-10(13)4-14-9/h1-3,5,15H,4,11H2,(H,12,13)/b7-5-. The zero-order valence-corrected chi connectivity index (χ0v) is 8.75. The van der Waals surface area contributed by atoms with Gasteiger partial charge < -0.3 is 15.8 Å². The predicted molar refractivity (Wildman–Crippen MR) is 61.7 cm³/mol. The lowest BCUT2D eigenvalue weighted by Crippen LogP contribution is -2.25. The summed E-state index contributed by atoms with van der Waals surface area (Å²) in [5.41, 5.74) is 7.68. The van der Waals surface area contributed by atoms with Crippen molar-refractivity contribution in [2.45, 2.75) is 0 Å². The molecule has 1 amide bonds. The Balaban J connectivity index is 2.41. The monoisotopic (exact) mass is 222 g/mol. The second-order valence-corrected chi connectivity index (χ2v) is 3.39. The fourth-order valence-electron chi connectivity index (χ4n) is 1.34. The van der Waals surface area contributed by atoms with E-state index in [2.05, 4.69) is 17.9 Å². The van der Waals surface area contributed by atoms with Gasteiger partial charge in [0.15, 0.2) is 6.61 Å². The zero-order valence-electron chi connectivity index (χ0n) is 7.86. The number of amides is 1. The third kappa shape index (κ3) is 1.92. The number of fused-ring (bicyclic) bond motifs is 1. The number of hydrogen-bond acceptors (Lipinski definition) is 4. The van der Waals surface area contributed by atoms with Crippen molar-refractivity contribution < 1.29 is 9.53 Å². The smallest absolute Gasteiger partial charge is 0.262 e. The van der Waals surface area contributed by atoms with E-state index in [1.165, 1.54) is 5.41 Å². The van der Waals surface area contributed by atoms with Crippen LogP contribution in [0.4, 0.5) is 5.69 Å². The van der Waals surface area contributed by atoms with Crippen LogP contribution in [-0.4, -0.2) is 12.5 Å². The van der Waals surface area contributed by atoms with Gasteiger partial charge >= 0.3 is 0 Å². The van der Waals surface area contributed by atoms with Crippen LogP contribution in [0, 0.1) is 0 Å². The Morgan fingerprint density at radius 2 is 2.40 bits per heavy atom. The topological polar surface area (TPSA) is 64.3 Å². The summed E-state index contributed by atoms with van der Waals surface area (Å²) in [5, 5.41) is 4.21. The molecule has 0 aromatic heterocycles. The number of thiol groups is 1. The van der Waals surface area contributed by atoms with Crippen LogP contribution in [0.1, 0.15) is 5.56 Å². The van der Waals surface area contributed by atoms with Crippen molar-refractivity contribution in [3.8, 4) is 5.75 Å². The first-order valence-corrected chi connectivity index (χ1v) is 4.89. The maximum atomic E-state index is 11.1. The molecule has 0 fully saturated rings. The van der Waals surface area contributed by atoms with Crippen LogP contribution >= 0.6 is 12.6 Å². The Morgan fingerprint density at radius 3 is 3.13 bits per heavy atom. The number of nitrogens with one attached hydrogen (secondary N) is 1. The van der Waals surface area contributed by atoms with Gasteiger partial charge in [-0.15, -0.1) is 12.6 Å². The minimum absolute atomic E-state index is 0.0598. The van der Waals surface area contributed by atoms with Crippen LogP contribution in [0.2, 0.25) is 0 Å². The quantitative estimate of drug-likeness (QED) is 0.626. The molecular weight excluding hydrogens is 212 g/mol. The number of carbonyl (C=O) groups is 1. The third-order valence-electron chi connectivity index (χ3n) is 2.08. The number of benzene rings is 1. The average molecular weight is 222 g/mol.